The predicted octanol–water partition coefficient (Wildman–Crippen LogP) is 5.52. The highest BCUT2D eigenvalue weighted by molar-refractivity contribution is 9.10. The number of amides is 1. The van der Waals surface area contributed by atoms with Crippen molar-refractivity contribution in [2.45, 2.75) is 32.2 Å². The number of morpholine rings is 1. The van der Waals surface area contributed by atoms with E-state index < -0.39 is 11.7 Å². The van der Waals surface area contributed by atoms with Crippen LogP contribution in [0, 0.1) is 11.7 Å². The summed E-state index contributed by atoms with van der Waals surface area (Å²) in [7, 11) is 0. The van der Waals surface area contributed by atoms with Crippen LogP contribution in [0.2, 0.25) is 5.02 Å². The summed E-state index contributed by atoms with van der Waals surface area (Å²) in [5.74, 6) is -0.675. The van der Waals surface area contributed by atoms with Crippen LogP contribution < -0.4 is 10.8 Å². The Bertz CT molecular complexity index is 1260. The number of nitrogens with zero attached hydrogens (tertiary/aromatic N) is 3. The maximum Gasteiger partial charge on any atom is 0.277 e. The molecule has 8 nitrogen and oxygen atoms in total. The van der Waals surface area contributed by atoms with E-state index in [2.05, 4.69) is 36.6 Å². The lowest BCUT2D eigenvalue weighted by Crippen LogP contribution is -2.36. The molecule has 2 heterocycles. The Morgan fingerprint density at radius 2 is 2.00 bits per heavy atom. The van der Waals surface area contributed by atoms with E-state index in [0.717, 1.165) is 63.0 Å². The molecule has 11 heteroatoms. The van der Waals surface area contributed by atoms with Gasteiger partial charge in [0.15, 0.2) is 5.82 Å². The predicted molar refractivity (Wildman–Crippen MR) is 145 cm³/mol. The summed E-state index contributed by atoms with van der Waals surface area (Å²) in [6.07, 6.45) is 5.73. The minimum Gasteiger partial charge on any atom is -0.379 e. The second-order valence-electron chi connectivity index (χ2n) is 9.51. The third kappa shape index (κ3) is 6.61. The number of imidazole rings is 1. The van der Waals surface area contributed by atoms with Gasteiger partial charge in [0.05, 0.1) is 53.6 Å². The van der Waals surface area contributed by atoms with Gasteiger partial charge in [-0.3, -0.25) is 14.5 Å². The number of benzene rings is 2. The van der Waals surface area contributed by atoms with Crippen LogP contribution in [0.4, 0.5) is 15.8 Å². The first-order valence-corrected chi connectivity index (χ1v) is 13.8. The number of aryl methyl sites for hydroxylation is 1. The van der Waals surface area contributed by atoms with Gasteiger partial charge < -0.3 is 14.6 Å². The third-order valence-corrected chi connectivity index (χ3v) is 7.51. The number of hydroxylamine groups is 1. The smallest absolute Gasteiger partial charge is 0.277 e. The van der Waals surface area contributed by atoms with Crippen LogP contribution in [0.25, 0.3) is 11.0 Å². The molecule has 37 heavy (non-hydrogen) atoms. The molecule has 2 aromatic carbocycles. The van der Waals surface area contributed by atoms with E-state index in [9.17, 15) is 4.79 Å². The molecule has 198 valence electrons. The quantitative estimate of drug-likeness (QED) is 0.225. The lowest BCUT2D eigenvalue weighted by molar-refractivity contribution is 0.0271. The van der Waals surface area contributed by atoms with Crippen molar-refractivity contribution < 1.29 is 18.8 Å². The van der Waals surface area contributed by atoms with Gasteiger partial charge in [-0.2, -0.15) is 0 Å². The molecule has 0 radical (unpaired) electrons. The average molecular weight is 595 g/mol. The summed E-state index contributed by atoms with van der Waals surface area (Å²) in [5.41, 5.74) is 3.83. The maximum absolute atomic E-state index is 15.9. The third-order valence-electron chi connectivity index (χ3n) is 6.70. The van der Waals surface area contributed by atoms with Gasteiger partial charge in [0, 0.05) is 24.1 Å². The minimum atomic E-state index is -0.615. The molecule has 2 fully saturated rings. The van der Waals surface area contributed by atoms with Gasteiger partial charge in [-0.25, -0.2) is 14.9 Å². The first kappa shape index (κ1) is 26.4. The summed E-state index contributed by atoms with van der Waals surface area (Å²) in [6, 6.07) is 6.87. The molecule has 5 rings (SSSR count). The molecular formula is C26H30BrClFN5O3. The van der Waals surface area contributed by atoms with E-state index in [1.54, 1.807) is 30.6 Å². The number of ether oxygens (including phenoxy) is 1. The number of fused-ring (bicyclic) bond motifs is 1. The monoisotopic (exact) mass is 593 g/mol. The normalized spacial score (nSPS) is 16.3. The highest BCUT2D eigenvalue weighted by atomic mass is 79.9. The Hall–Kier alpha value is -2.24. The van der Waals surface area contributed by atoms with Crippen molar-refractivity contribution in [3.8, 4) is 0 Å². The topological polar surface area (TPSA) is 80.7 Å². The van der Waals surface area contributed by atoms with Gasteiger partial charge in [0.1, 0.15) is 5.52 Å². The van der Waals surface area contributed by atoms with E-state index >= 15 is 4.39 Å². The summed E-state index contributed by atoms with van der Waals surface area (Å²) < 4.78 is 24.0. The lowest BCUT2D eigenvalue weighted by atomic mass is 10.1. The van der Waals surface area contributed by atoms with Gasteiger partial charge >= 0.3 is 0 Å². The highest BCUT2D eigenvalue weighted by Crippen LogP contribution is 2.34. The van der Waals surface area contributed by atoms with E-state index in [1.165, 1.54) is 0 Å². The summed E-state index contributed by atoms with van der Waals surface area (Å²) >= 11 is 9.74. The zero-order chi connectivity index (χ0) is 25.8. The van der Waals surface area contributed by atoms with Crippen molar-refractivity contribution in [1.82, 2.24) is 19.9 Å². The van der Waals surface area contributed by atoms with Crippen LogP contribution in [0.15, 0.2) is 35.1 Å². The van der Waals surface area contributed by atoms with Crippen LogP contribution >= 0.6 is 27.5 Å². The maximum atomic E-state index is 15.9. The fourth-order valence-electron chi connectivity index (χ4n) is 4.37. The van der Waals surface area contributed by atoms with Crippen molar-refractivity contribution in [2.24, 2.45) is 5.92 Å². The molecule has 0 bridgehead atoms. The first-order valence-electron chi connectivity index (χ1n) is 12.6. The van der Waals surface area contributed by atoms with E-state index in [1.807, 2.05) is 4.57 Å². The Morgan fingerprint density at radius 1 is 1.22 bits per heavy atom. The standard InChI is InChI=1S/C26H30BrClFN5O3/c27-18-5-6-21(20(28)13-18)31-24-19(26(35)32-37-15-17-3-4-17)14-22-25(23(24)29)30-16-34(22)8-2-1-7-33-9-11-36-12-10-33/h5-6,13-14,16-17,31H,1-4,7-12,15H2,(H,32,35). The molecule has 0 unspecified atom stereocenters. The molecule has 1 saturated carbocycles. The number of carbonyl (C=O) groups excluding carboxylic acids is 1. The van der Waals surface area contributed by atoms with Gasteiger partial charge in [-0.05, 0) is 62.4 Å². The Balaban J connectivity index is 1.37. The summed E-state index contributed by atoms with van der Waals surface area (Å²) in [6.45, 7) is 5.59. The second kappa shape index (κ2) is 12.1. The van der Waals surface area contributed by atoms with Crippen LogP contribution in [0.3, 0.4) is 0 Å². The van der Waals surface area contributed by atoms with E-state index in [4.69, 9.17) is 21.2 Å². The molecule has 2 N–H and O–H groups in total. The molecule has 0 spiro atoms. The molecule has 1 aliphatic carbocycles. The second-order valence-corrected chi connectivity index (χ2v) is 10.8. The molecule has 3 aromatic rings. The summed E-state index contributed by atoms with van der Waals surface area (Å²) in [5, 5.41) is 3.39. The fourth-order valence-corrected chi connectivity index (χ4v) is 5.09. The molecule has 1 aliphatic heterocycles. The van der Waals surface area contributed by atoms with Crippen LogP contribution in [-0.2, 0) is 16.1 Å². The zero-order valence-electron chi connectivity index (χ0n) is 20.4. The van der Waals surface area contributed by atoms with Crippen LogP contribution in [0.1, 0.15) is 36.0 Å². The van der Waals surface area contributed by atoms with Gasteiger partial charge in [0.25, 0.3) is 5.91 Å². The fraction of sp³-hybridized carbons (Fsp3) is 0.462. The number of anilines is 2. The average Bonchev–Trinajstić information content (AvgIpc) is 3.63. The van der Waals surface area contributed by atoms with Gasteiger partial charge in [0.2, 0.25) is 0 Å². The molecule has 1 saturated heterocycles. The summed E-state index contributed by atoms with van der Waals surface area (Å²) in [4.78, 5) is 25.3. The SMILES string of the molecule is O=C(NOCC1CC1)c1cc2c(ncn2CCCCN2CCOCC2)c(F)c1Nc1ccc(Br)cc1Cl. The number of unbranched alkanes of at least 4 members (excludes halogenated alkanes) is 1. The number of hydrogen-bond acceptors (Lipinski definition) is 6. The number of rotatable bonds is 11. The first-order chi connectivity index (χ1) is 18.0. The zero-order valence-corrected chi connectivity index (χ0v) is 22.8. The van der Waals surface area contributed by atoms with Crippen molar-refractivity contribution in [1.29, 1.82) is 0 Å². The van der Waals surface area contributed by atoms with Crippen LogP contribution in [0.5, 0.6) is 0 Å². The highest BCUT2D eigenvalue weighted by Gasteiger charge is 2.25. The van der Waals surface area contributed by atoms with Crippen molar-refractivity contribution in [2.75, 3.05) is 44.8 Å². The Kier molecular flexibility index (Phi) is 8.61. The van der Waals surface area contributed by atoms with Crippen molar-refractivity contribution >= 4 is 55.8 Å². The van der Waals surface area contributed by atoms with Crippen molar-refractivity contribution in [3.05, 3.63) is 51.5 Å². The lowest BCUT2D eigenvalue weighted by Gasteiger charge is -2.26. The number of aromatic nitrogens is 2. The minimum absolute atomic E-state index is 0.00168. The van der Waals surface area contributed by atoms with E-state index in [0.29, 0.717) is 35.3 Å². The number of halogens is 3. The molecule has 1 aromatic heterocycles. The number of carbonyl (C=O) groups is 1. The largest absolute Gasteiger partial charge is 0.379 e. The molecule has 2 aliphatic rings. The van der Waals surface area contributed by atoms with Gasteiger partial charge in [-0.1, -0.05) is 27.5 Å². The molecule has 1 amide bonds. The Labute approximate surface area is 228 Å². The Morgan fingerprint density at radius 3 is 2.76 bits per heavy atom. The van der Waals surface area contributed by atoms with Gasteiger partial charge in [-0.15, -0.1) is 0 Å². The van der Waals surface area contributed by atoms with Crippen LogP contribution in [-0.4, -0.2) is 59.8 Å². The van der Waals surface area contributed by atoms with Crippen molar-refractivity contribution in [3.63, 3.8) is 0 Å². The molecular weight excluding hydrogens is 565 g/mol. The molecule has 0 atom stereocenters. The number of nitrogens with one attached hydrogen (secondary N) is 2. The van der Waals surface area contributed by atoms with E-state index in [-0.39, 0.29) is 16.8 Å². The number of hydrogen-bond donors (Lipinski definition) is 2.